The van der Waals surface area contributed by atoms with Crippen molar-refractivity contribution in [3.8, 4) is 0 Å². The van der Waals surface area contributed by atoms with Crippen LogP contribution in [0, 0.1) is 4.97 Å². The number of hydrogen-bond donors (Lipinski definition) is 0. The predicted octanol–water partition coefficient (Wildman–Crippen LogP) is 4.66. The third-order valence-corrected chi connectivity index (χ3v) is 6.51. The smallest absolute Gasteiger partial charge is 1.00 e. The third kappa shape index (κ3) is 19.8. The maximum Gasteiger partial charge on any atom is 1.00 e. The molecule has 0 atom stereocenters. The second-order valence-corrected chi connectivity index (χ2v) is 8.08. The molecule has 0 rings (SSSR count). The number of unbranched alkanes of at least 4 members (excludes halogenated alkanes) is 6. The van der Waals surface area contributed by atoms with E-state index in [4.69, 9.17) is 0 Å². The van der Waals surface area contributed by atoms with Gasteiger partial charge in [-0.25, -0.2) is 0 Å². The first-order valence-electron chi connectivity index (χ1n) is 6.72. The van der Waals surface area contributed by atoms with Crippen molar-refractivity contribution in [2.45, 2.75) is 75.9 Å². The predicted molar refractivity (Wildman–Crippen MR) is 77.2 cm³/mol. The Hall–Kier alpha value is 1.30. The Kier molecular flexibility index (Phi) is 23.8. The molecular formula is C14H27CuSe2. The molecule has 0 saturated carbocycles. The standard InChI is InChI=1S/C14H27Se2.Cu/c1-3-5-7-9-11-15-13-14-16-12-10-8-6-4-2;/h13H,3-12H2,1-2H3;/q-1;+1. The summed E-state index contributed by atoms with van der Waals surface area (Å²) in [6, 6.07) is 0. The Balaban J connectivity index is 0. The molecule has 0 aliphatic heterocycles. The van der Waals surface area contributed by atoms with Crippen LogP contribution >= 0.6 is 0 Å². The zero-order valence-electron chi connectivity index (χ0n) is 11.3. The van der Waals surface area contributed by atoms with Crippen molar-refractivity contribution in [3.63, 3.8) is 0 Å². The Morgan fingerprint density at radius 1 is 0.824 bits per heavy atom. The monoisotopic (exact) mass is 418 g/mol. The van der Waals surface area contributed by atoms with Crippen molar-refractivity contribution in [1.82, 2.24) is 0 Å². The number of hydrogen-bond acceptors (Lipinski definition) is 0. The van der Waals surface area contributed by atoms with Gasteiger partial charge in [-0.3, -0.25) is 0 Å². The summed E-state index contributed by atoms with van der Waals surface area (Å²) in [5.41, 5.74) is 0. The van der Waals surface area contributed by atoms with Crippen LogP contribution in [-0.4, -0.2) is 29.9 Å². The van der Waals surface area contributed by atoms with Crippen molar-refractivity contribution in [2.24, 2.45) is 0 Å². The summed E-state index contributed by atoms with van der Waals surface area (Å²) in [6.45, 7) is 4.55. The van der Waals surface area contributed by atoms with Crippen LogP contribution in [0.15, 0.2) is 4.97 Å². The molecule has 0 aromatic rings. The molecule has 0 unspecified atom stereocenters. The molecule has 106 valence electrons. The molecule has 0 nitrogen and oxygen atoms in total. The summed E-state index contributed by atoms with van der Waals surface area (Å²) in [7, 11) is 0. The van der Waals surface area contributed by atoms with Gasteiger partial charge in [-0.2, -0.15) is 0 Å². The van der Waals surface area contributed by atoms with Crippen LogP contribution in [0.5, 0.6) is 0 Å². The molecule has 0 radical (unpaired) electrons. The van der Waals surface area contributed by atoms with Gasteiger partial charge in [0.1, 0.15) is 0 Å². The van der Waals surface area contributed by atoms with Crippen LogP contribution in [0.2, 0.25) is 10.6 Å². The summed E-state index contributed by atoms with van der Waals surface area (Å²) in [6.07, 6.45) is 11.3. The Labute approximate surface area is 132 Å². The fraction of sp³-hybridized carbons (Fsp3) is 0.857. The summed E-state index contributed by atoms with van der Waals surface area (Å²) < 4.78 is 0. The van der Waals surface area contributed by atoms with E-state index in [1.807, 2.05) is 0 Å². The van der Waals surface area contributed by atoms with Crippen molar-refractivity contribution < 1.29 is 17.1 Å². The van der Waals surface area contributed by atoms with E-state index < -0.39 is 0 Å². The molecule has 0 heterocycles. The first-order chi connectivity index (χ1) is 7.91. The molecule has 0 aromatic carbocycles. The molecule has 0 saturated heterocycles. The van der Waals surface area contributed by atoms with E-state index in [0.29, 0.717) is 15.0 Å². The molecular weight excluding hydrogens is 390 g/mol. The van der Waals surface area contributed by atoms with Crippen LogP contribution in [0.25, 0.3) is 0 Å². The Morgan fingerprint density at radius 2 is 1.41 bits per heavy atom. The summed E-state index contributed by atoms with van der Waals surface area (Å²) in [5, 5.41) is 2.85. The Morgan fingerprint density at radius 3 is 2.00 bits per heavy atom. The minimum atomic E-state index is 0. The second kappa shape index (κ2) is 19.6. The molecule has 0 aromatic heterocycles. The van der Waals surface area contributed by atoms with E-state index in [1.165, 1.54) is 62.0 Å². The summed E-state index contributed by atoms with van der Waals surface area (Å²) >= 11 is 1.43. The van der Waals surface area contributed by atoms with E-state index in [0.717, 1.165) is 15.0 Å². The molecule has 0 bridgehead atoms. The van der Waals surface area contributed by atoms with Gasteiger partial charge in [0, 0.05) is 0 Å². The van der Waals surface area contributed by atoms with Crippen LogP contribution in [0.3, 0.4) is 0 Å². The van der Waals surface area contributed by atoms with Crippen molar-refractivity contribution in [1.29, 1.82) is 0 Å². The van der Waals surface area contributed by atoms with E-state index in [2.05, 4.69) is 23.8 Å². The summed E-state index contributed by atoms with van der Waals surface area (Å²) in [4.78, 5) is 5.88. The zero-order chi connectivity index (χ0) is 11.9. The molecule has 0 aliphatic carbocycles. The third-order valence-electron chi connectivity index (χ3n) is 2.43. The van der Waals surface area contributed by atoms with Gasteiger partial charge in [0.2, 0.25) is 0 Å². The van der Waals surface area contributed by atoms with Crippen LogP contribution in [0.4, 0.5) is 0 Å². The van der Waals surface area contributed by atoms with Crippen molar-refractivity contribution in [3.05, 3.63) is 9.95 Å². The van der Waals surface area contributed by atoms with Gasteiger partial charge in [0.25, 0.3) is 0 Å². The SMILES string of the molecule is CCCCCC[Se][C-]=C[Se]CCCCCC.[Cu+]. The minimum Gasteiger partial charge on any atom is 1.00 e. The Bertz CT molecular complexity index is 133. The first kappa shape index (κ1) is 20.6. The first-order valence-corrected chi connectivity index (χ1v) is 11.0. The minimum absolute atomic E-state index is 0. The molecule has 0 fully saturated rings. The average molecular weight is 417 g/mol. The summed E-state index contributed by atoms with van der Waals surface area (Å²) in [5.74, 6) is 0. The molecule has 0 spiro atoms. The molecule has 0 amide bonds. The van der Waals surface area contributed by atoms with Crippen LogP contribution < -0.4 is 0 Å². The van der Waals surface area contributed by atoms with E-state index in [-0.39, 0.29) is 17.1 Å². The molecule has 17 heavy (non-hydrogen) atoms. The normalized spacial score (nSPS) is 10.7. The van der Waals surface area contributed by atoms with Gasteiger partial charge in [-0.05, 0) is 0 Å². The van der Waals surface area contributed by atoms with Gasteiger partial charge in [0.05, 0.1) is 0 Å². The fourth-order valence-electron chi connectivity index (χ4n) is 1.40. The van der Waals surface area contributed by atoms with Gasteiger partial charge in [0.15, 0.2) is 0 Å². The van der Waals surface area contributed by atoms with Crippen LogP contribution in [-0.2, 0) is 17.1 Å². The molecule has 0 N–H and O–H groups in total. The quantitative estimate of drug-likeness (QED) is 0.246. The van der Waals surface area contributed by atoms with Gasteiger partial charge >= 0.3 is 133 Å². The maximum atomic E-state index is 3.52. The molecule has 0 aliphatic rings. The zero-order valence-corrected chi connectivity index (χ0v) is 15.6. The fourth-order valence-corrected chi connectivity index (χ4v) is 5.17. The maximum absolute atomic E-state index is 3.52. The van der Waals surface area contributed by atoms with E-state index >= 15 is 0 Å². The second-order valence-electron chi connectivity index (χ2n) is 4.08. The van der Waals surface area contributed by atoms with E-state index in [9.17, 15) is 0 Å². The number of rotatable bonds is 12. The van der Waals surface area contributed by atoms with Crippen LogP contribution in [0.1, 0.15) is 65.2 Å². The largest absolute Gasteiger partial charge is 1.00 e. The van der Waals surface area contributed by atoms with Gasteiger partial charge in [-0.15, -0.1) is 0 Å². The molecule has 3 heteroatoms. The topological polar surface area (TPSA) is 0 Å². The van der Waals surface area contributed by atoms with Crippen molar-refractivity contribution >= 4 is 29.9 Å². The van der Waals surface area contributed by atoms with Crippen molar-refractivity contribution in [2.75, 3.05) is 0 Å². The van der Waals surface area contributed by atoms with Gasteiger partial charge < -0.3 is 0 Å². The van der Waals surface area contributed by atoms with E-state index in [1.54, 1.807) is 0 Å². The average Bonchev–Trinajstić information content (AvgIpc) is 2.31. The van der Waals surface area contributed by atoms with Gasteiger partial charge in [-0.1, -0.05) is 0 Å².